The van der Waals surface area contributed by atoms with Crippen LogP contribution in [0.4, 0.5) is 36.6 Å². The van der Waals surface area contributed by atoms with Crippen LogP contribution < -0.4 is 11.1 Å². The zero-order chi connectivity index (χ0) is 27.8. The van der Waals surface area contributed by atoms with Crippen LogP contribution in [0.1, 0.15) is 33.9 Å². The van der Waals surface area contributed by atoms with Gasteiger partial charge in [-0.25, -0.2) is 22.5 Å². The number of alkyl halides is 3. The summed E-state index contributed by atoms with van der Waals surface area (Å²) in [5.74, 6) is -7.40. The summed E-state index contributed by atoms with van der Waals surface area (Å²) in [6.45, 7) is -0.779. The van der Waals surface area contributed by atoms with Gasteiger partial charge in [0.15, 0.2) is 17.5 Å². The molecule has 7 nitrogen and oxygen atoms in total. The second kappa shape index (κ2) is 11.6. The number of fused-ring (bicyclic) bond motifs is 1. The lowest BCUT2D eigenvalue weighted by Crippen LogP contribution is -2.42. The SMILES string of the molecule is Cl.N[C@@H](CC(=O)N1CCn2c(C(F)(F)F)nc(NC(=O)c3ccc(F)cc3)c2C1)Cc1cc(F)c(F)cc1F. The van der Waals surface area contributed by atoms with E-state index < -0.39 is 58.9 Å². The van der Waals surface area contributed by atoms with Crippen LogP contribution in [-0.4, -0.2) is 38.9 Å². The number of hydrogen-bond acceptors (Lipinski definition) is 4. The number of amides is 2. The first-order chi connectivity index (χ1) is 17.8. The van der Waals surface area contributed by atoms with Gasteiger partial charge in [-0.2, -0.15) is 13.2 Å². The molecule has 3 N–H and O–H groups in total. The second-order valence-electron chi connectivity index (χ2n) is 8.68. The molecule has 39 heavy (non-hydrogen) atoms. The average Bonchev–Trinajstić information content (AvgIpc) is 3.21. The van der Waals surface area contributed by atoms with Gasteiger partial charge in [0.2, 0.25) is 11.7 Å². The molecule has 0 spiro atoms. The van der Waals surface area contributed by atoms with E-state index in [1.165, 1.54) is 4.90 Å². The number of anilines is 1. The fourth-order valence-corrected chi connectivity index (χ4v) is 4.11. The molecule has 1 aliphatic rings. The number of nitrogens with two attached hydrogens (primary N) is 1. The van der Waals surface area contributed by atoms with Gasteiger partial charge in [0.25, 0.3) is 5.91 Å². The number of hydrogen-bond donors (Lipinski definition) is 2. The summed E-state index contributed by atoms with van der Waals surface area (Å²) in [4.78, 5) is 30.1. The molecule has 2 aromatic carbocycles. The Kier molecular flexibility index (Phi) is 8.91. The van der Waals surface area contributed by atoms with Crippen molar-refractivity contribution in [1.29, 1.82) is 0 Å². The van der Waals surface area contributed by atoms with Gasteiger partial charge in [0.1, 0.15) is 11.6 Å². The molecule has 0 saturated heterocycles. The van der Waals surface area contributed by atoms with Crippen LogP contribution in [0.25, 0.3) is 0 Å². The standard InChI is InChI=1S/C24H20F7N5O2.ClH/c25-14-3-1-12(2-4-14)22(38)33-21-19-11-35(5-6-36(19)23(34-21)24(29,30)31)20(37)9-15(32)7-13-8-17(27)18(28)10-16(13)26;/h1-4,8,10,15H,5-7,9,11,32H2,(H,33,38);1H/t15-;/m1./s1. The highest BCUT2D eigenvalue weighted by Crippen LogP contribution is 2.34. The fourth-order valence-electron chi connectivity index (χ4n) is 4.11. The van der Waals surface area contributed by atoms with E-state index >= 15 is 0 Å². The normalized spacial score (nSPS) is 13.9. The summed E-state index contributed by atoms with van der Waals surface area (Å²) in [7, 11) is 0. The van der Waals surface area contributed by atoms with Gasteiger partial charge in [-0.05, 0) is 42.3 Å². The molecule has 0 unspecified atom stereocenters. The van der Waals surface area contributed by atoms with Gasteiger partial charge < -0.3 is 20.5 Å². The largest absolute Gasteiger partial charge is 0.449 e. The van der Waals surface area contributed by atoms with E-state index in [0.717, 1.165) is 28.8 Å². The number of nitrogens with zero attached hydrogens (tertiary/aromatic N) is 3. The lowest BCUT2D eigenvalue weighted by Gasteiger charge is -2.30. The van der Waals surface area contributed by atoms with E-state index in [-0.39, 0.29) is 61.7 Å². The summed E-state index contributed by atoms with van der Waals surface area (Å²) >= 11 is 0. The first-order valence-electron chi connectivity index (χ1n) is 11.2. The quantitative estimate of drug-likeness (QED) is 0.334. The molecule has 0 fully saturated rings. The molecule has 1 atom stereocenters. The number of imidazole rings is 1. The number of carbonyl (C=O) groups excluding carboxylic acids is 2. The van der Waals surface area contributed by atoms with Crippen molar-refractivity contribution in [1.82, 2.24) is 14.5 Å². The minimum Gasteiger partial charge on any atom is -0.335 e. The van der Waals surface area contributed by atoms with Crippen molar-refractivity contribution >= 4 is 30.0 Å². The van der Waals surface area contributed by atoms with Gasteiger partial charge in [-0.3, -0.25) is 9.59 Å². The van der Waals surface area contributed by atoms with Crippen molar-refractivity contribution < 1.29 is 40.3 Å². The summed E-state index contributed by atoms with van der Waals surface area (Å²) in [6.07, 6.45) is -5.51. The molecule has 0 saturated carbocycles. The highest BCUT2D eigenvalue weighted by molar-refractivity contribution is 6.04. The molecule has 0 aliphatic carbocycles. The zero-order valence-corrected chi connectivity index (χ0v) is 20.7. The molecule has 210 valence electrons. The van der Waals surface area contributed by atoms with Crippen LogP contribution in [0.15, 0.2) is 36.4 Å². The molecular weight excluding hydrogens is 559 g/mol. The van der Waals surface area contributed by atoms with Crippen LogP contribution in [0.3, 0.4) is 0 Å². The molecule has 0 radical (unpaired) electrons. The average molecular weight is 580 g/mol. The second-order valence-corrected chi connectivity index (χ2v) is 8.68. The Morgan fingerprint density at radius 2 is 1.64 bits per heavy atom. The fraction of sp³-hybridized carbons (Fsp3) is 0.292. The molecular formula is C24H21ClF7N5O2. The molecule has 1 aliphatic heterocycles. The van der Waals surface area contributed by atoms with Gasteiger partial charge in [0, 0.05) is 37.2 Å². The summed E-state index contributed by atoms with van der Waals surface area (Å²) in [5, 5.41) is 2.28. The number of rotatable bonds is 6. The van der Waals surface area contributed by atoms with Gasteiger partial charge in [-0.15, -0.1) is 12.4 Å². The van der Waals surface area contributed by atoms with E-state index in [4.69, 9.17) is 5.73 Å². The third-order valence-corrected chi connectivity index (χ3v) is 5.96. The zero-order valence-electron chi connectivity index (χ0n) is 19.9. The highest BCUT2D eigenvalue weighted by atomic mass is 35.5. The Balaban J connectivity index is 0.00000420. The number of carbonyl (C=O) groups is 2. The first-order valence-corrected chi connectivity index (χ1v) is 11.2. The van der Waals surface area contributed by atoms with Gasteiger partial charge >= 0.3 is 6.18 Å². The van der Waals surface area contributed by atoms with Gasteiger partial charge in [-0.1, -0.05) is 0 Å². The van der Waals surface area contributed by atoms with Crippen molar-refractivity contribution in [3.8, 4) is 0 Å². The topological polar surface area (TPSA) is 93.2 Å². The lowest BCUT2D eigenvalue weighted by atomic mass is 10.0. The van der Waals surface area contributed by atoms with Crippen molar-refractivity contribution in [3.63, 3.8) is 0 Å². The minimum atomic E-state index is -4.85. The van der Waals surface area contributed by atoms with Crippen LogP contribution in [0, 0.1) is 23.3 Å². The monoisotopic (exact) mass is 579 g/mol. The number of benzene rings is 2. The maximum Gasteiger partial charge on any atom is 0.449 e. The third-order valence-electron chi connectivity index (χ3n) is 5.96. The molecule has 2 heterocycles. The van der Waals surface area contributed by atoms with Gasteiger partial charge in [0.05, 0.1) is 12.2 Å². The number of halogens is 8. The van der Waals surface area contributed by atoms with Crippen molar-refractivity contribution in [2.24, 2.45) is 5.73 Å². The Hall–Kier alpha value is -3.65. The van der Waals surface area contributed by atoms with Crippen LogP contribution >= 0.6 is 12.4 Å². The van der Waals surface area contributed by atoms with E-state index in [0.29, 0.717) is 12.1 Å². The Morgan fingerprint density at radius 1 is 1.00 bits per heavy atom. The molecule has 3 aromatic rings. The molecule has 4 rings (SSSR count). The van der Waals surface area contributed by atoms with E-state index in [2.05, 4.69) is 10.3 Å². The lowest BCUT2D eigenvalue weighted by molar-refractivity contribution is -0.148. The minimum absolute atomic E-state index is 0. The van der Waals surface area contributed by atoms with E-state index in [9.17, 15) is 40.3 Å². The van der Waals surface area contributed by atoms with Crippen molar-refractivity contribution in [2.75, 3.05) is 11.9 Å². The number of nitrogens with one attached hydrogen (secondary N) is 1. The molecule has 0 bridgehead atoms. The van der Waals surface area contributed by atoms with Crippen molar-refractivity contribution in [3.05, 3.63) is 82.3 Å². The summed E-state index contributed by atoms with van der Waals surface area (Å²) in [6, 6.07) is 4.31. The van der Waals surface area contributed by atoms with Crippen LogP contribution in [0.2, 0.25) is 0 Å². The summed E-state index contributed by atoms with van der Waals surface area (Å²) < 4.78 is 95.3. The Morgan fingerprint density at radius 3 is 2.28 bits per heavy atom. The maximum absolute atomic E-state index is 13.9. The molecule has 1 aromatic heterocycles. The highest BCUT2D eigenvalue weighted by Gasteiger charge is 2.41. The molecule has 2 amide bonds. The number of aromatic nitrogens is 2. The first kappa shape index (κ1) is 29.9. The predicted molar refractivity (Wildman–Crippen MR) is 127 cm³/mol. The Labute approximate surface area is 223 Å². The van der Waals surface area contributed by atoms with Crippen LogP contribution in [-0.2, 0) is 30.5 Å². The maximum atomic E-state index is 13.9. The molecule has 15 heteroatoms. The van der Waals surface area contributed by atoms with E-state index in [1.54, 1.807) is 0 Å². The third kappa shape index (κ3) is 6.68. The van der Waals surface area contributed by atoms with Crippen molar-refractivity contribution in [2.45, 2.75) is 38.1 Å². The smallest absolute Gasteiger partial charge is 0.335 e. The summed E-state index contributed by atoms with van der Waals surface area (Å²) in [5.41, 5.74) is 5.56. The Bertz CT molecular complexity index is 1380. The van der Waals surface area contributed by atoms with E-state index in [1.807, 2.05) is 0 Å². The predicted octanol–water partition coefficient (Wildman–Crippen LogP) is 4.43. The van der Waals surface area contributed by atoms with Crippen LogP contribution in [0.5, 0.6) is 0 Å².